The predicted molar refractivity (Wildman–Crippen MR) is 60.6 cm³/mol. The summed E-state index contributed by atoms with van der Waals surface area (Å²) in [5, 5.41) is 4.38. The van der Waals surface area contributed by atoms with Crippen molar-refractivity contribution in [2.24, 2.45) is 18.9 Å². The average Bonchev–Trinajstić information content (AvgIpc) is 2.46. The Hall–Kier alpha value is -0.500. The maximum Gasteiger partial charge on any atom is 0.0521 e. The van der Waals surface area contributed by atoms with Crippen molar-refractivity contribution in [3.63, 3.8) is 0 Å². The molecule has 0 bridgehead atoms. The van der Waals surface area contributed by atoms with Crippen molar-refractivity contribution in [2.75, 3.05) is 0 Å². The first-order valence-electron chi connectivity index (χ1n) is 5.12. The highest BCUT2D eigenvalue weighted by molar-refractivity contribution is 6.20. The van der Waals surface area contributed by atoms with E-state index in [9.17, 15) is 0 Å². The first-order valence-corrected chi connectivity index (χ1v) is 5.56. The van der Waals surface area contributed by atoms with Crippen LogP contribution in [-0.2, 0) is 13.5 Å². The average molecular weight is 215 g/mol. The second kappa shape index (κ2) is 4.83. The number of nitrogens with zero attached hydrogens (tertiary/aromatic N) is 2. The molecular weight excluding hydrogens is 196 g/mol. The summed E-state index contributed by atoms with van der Waals surface area (Å²) in [6.07, 6.45) is 5.01. The van der Waals surface area contributed by atoms with Crippen LogP contribution in [0.2, 0.25) is 0 Å². The van der Waals surface area contributed by atoms with E-state index in [-0.39, 0.29) is 5.38 Å². The van der Waals surface area contributed by atoms with Gasteiger partial charge in [-0.05, 0) is 30.7 Å². The standard InChI is InChI=1S/C11H19ClN2/c1-8(2)11(9(3)12)5-10-6-13-14(4)7-10/h6-9,11H,5H2,1-4H3. The van der Waals surface area contributed by atoms with Gasteiger partial charge in [-0.15, -0.1) is 11.6 Å². The van der Waals surface area contributed by atoms with E-state index in [4.69, 9.17) is 11.6 Å². The molecule has 14 heavy (non-hydrogen) atoms. The van der Waals surface area contributed by atoms with Crippen molar-refractivity contribution in [2.45, 2.75) is 32.6 Å². The third-order valence-corrected chi connectivity index (χ3v) is 3.00. The maximum absolute atomic E-state index is 6.17. The summed E-state index contributed by atoms with van der Waals surface area (Å²) in [7, 11) is 1.94. The van der Waals surface area contributed by atoms with Gasteiger partial charge in [0.15, 0.2) is 0 Å². The van der Waals surface area contributed by atoms with Crippen LogP contribution in [0, 0.1) is 11.8 Å². The van der Waals surface area contributed by atoms with Gasteiger partial charge in [-0.1, -0.05) is 13.8 Å². The summed E-state index contributed by atoms with van der Waals surface area (Å²) in [6, 6.07) is 0. The van der Waals surface area contributed by atoms with Crippen LogP contribution in [0.5, 0.6) is 0 Å². The molecular formula is C11H19ClN2. The van der Waals surface area contributed by atoms with Gasteiger partial charge in [0.25, 0.3) is 0 Å². The Kier molecular flexibility index (Phi) is 3.99. The molecule has 2 atom stereocenters. The monoisotopic (exact) mass is 214 g/mol. The minimum absolute atomic E-state index is 0.218. The second-order valence-electron chi connectivity index (χ2n) is 4.31. The second-order valence-corrected chi connectivity index (χ2v) is 5.00. The highest BCUT2D eigenvalue weighted by Gasteiger charge is 2.19. The molecule has 0 N–H and O–H groups in total. The number of hydrogen-bond acceptors (Lipinski definition) is 1. The van der Waals surface area contributed by atoms with Crippen LogP contribution in [0.3, 0.4) is 0 Å². The third kappa shape index (κ3) is 3.02. The number of hydrogen-bond donors (Lipinski definition) is 0. The molecule has 0 aromatic carbocycles. The summed E-state index contributed by atoms with van der Waals surface area (Å²) in [6.45, 7) is 6.52. The molecule has 0 spiro atoms. The van der Waals surface area contributed by atoms with Crippen LogP contribution in [0.1, 0.15) is 26.3 Å². The lowest BCUT2D eigenvalue weighted by Crippen LogP contribution is -2.20. The van der Waals surface area contributed by atoms with Crippen LogP contribution in [0.25, 0.3) is 0 Å². The summed E-state index contributed by atoms with van der Waals surface area (Å²) >= 11 is 6.17. The molecule has 2 unspecified atom stereocenters. The molecule has 0 saturated carbocycles. The molecule has 0 aliphatic rings. The van der Waals surface area contributed by atoms with E-state index in [2.05, 4.69) is 32.1 Å². The molecule has 0 saturated heterocycles. The van der Waals surface area contributed by atoms with Gasteiger partial charge in [0.1, 0.15) is 0 Å². The van der Waals surface area contributed by atoms with Crippen LogP contribution in [0.15, 0.2) is 12.4 Å². The van der Waals surface area contributed by atoms with Crippen LogP contribution < -0.4 is 0 Å². The van der Waals surface area contributed by atoms with Gasteiger partial charge in [0, 0.05) is 18.6 Å². The Balaban J connectivity index is 2.64. The van der Waals surface area contributed by atoms with Gasteiger partial charge in [0.05, 0.1) is 6.20 Å². The smallest absolute Gasteiger partial charge is 0.0521 e. The van der Waals surface area contributed by atoms with Crippen molar-refractivity contribution in [1.29, 1.82) is 0 Å². The number of rotatable bonds is 4. The number of halogens is 1. The van der Waals surface area contributed by atoms with E-state index < -0.39 is 0 Å². The van der Waals surface area contributed by atoms with Crippen molar-refractivity contribution in [1.82, 2.24) is 9.78 Å². The van der Waals surface area contributed by atoms with E-state index in [0.717, 1.165) is 6.42 Å². The first-order chi connectivity index (χ1) is 6.50. The van der Waals surface area contributed by atoms with Gasteiger partial charge < -0.3 is 0 Å². The molecule has 1 rings (SSSR count). The lowest BCUT2D eigenvalue weighted by Gasteiger charge is -2.22. The third-order valence-electron chi connectivity index (χ3n) is 2.68. The fourth-order valence-electron chi connectivity index (χ4n) is 1.78. The molecule has 0 amide bonds. The maximum atomic E-state index is 6.17. The van der Waals surface area contributed by atoms with Crippen molar-refractivity contribution in [3.8, 4) is 0 Å². The SMILES string of the molecule is CC(C)C(Cc1cnn(C)c1)C(C)Cl. The van der Waals surface area contributed by atoms with Gasteiger partial charge in [-0.3, -0.25) is 4.68 Å². The lowest BCUT2D eigenvalue weighted by atomic mass is 9.88. The highest BCUT2D eigenvalue weighted by atomic mass is 35.5. The van der Waals surface area contributed by atoms with Crippen LogP contribution in [0.4, 0.5) is 0 Å². The molecule has 1 heterocycles. The minimum atomic E-state index is 0.218. The summed E-state index contributed by atoms with van der Waals surface area (Å²) < 4.78 is 1.84. The quantitative estimate of drug-likeness (QED) is 0.705. The number of alkyl halides is 1. The lowest BCUT2D eigenvalue weighted by molar-refractivity contribution is 0.376. The van der Waals surface area contributed by atoms with Crippen molar-refractivity contribution >= 4 is 11.6 Å². The molecule has 0 aliphatic heterocycles. The summed E-state index contributed by atoms with van der Waals surface area (Å²) in [5.41, 5.74) is 1.28. The Bertz CT molecular complexity index is 271. The Morgan fingerprint density at radius 3 is 2.43 bits per heavy atom. The van der Waals surface area contributed by atoms with Crippen LogP contribution in [-0.4, -0.2) is 15.2 Å². The van der Waals surface area contributed by atoms with E-state index in [1.165, 1.54) is 5.56 Å². The van der Waals surface area contributed by atoms with E-state index in [1.54, 1.807) is 0 Å². The van der Waals surface area contributed by atoms with Gasteiger partial charge >= 0.3 is 0 Å². The van der Waals surface area contributed by atoms with Gasteiger partial charge in [-0.25, -0.2) is 0 Å². The predicted octanol–water partition coefficient (Wildman–Crippen LogP) is 2.86. The first kappa shape index (κ1) is 11.6. The highest BCUT2D eigenvalue weighted by Crippen LogP contribution is 2.23. The van der Waals surface area contributed by atoms with Crippen molar-refractivity contribution in [3.05, 3.63) is 18.0 Å². The van der Waals surface area contributed by atoms with E-state index in [1.807, 2.05) is 17.9 Å². The van der Waals surface area contributed by atoms with Crippen LogP contribution >= 0.6 is 11.6 Å². The van der Waals surface area contributed by atoms with Gasteiger partial charge in [-0.2, -0.15) is 5.10 Å². The number of aromatic nitrogens is 2. The molecule has 2 nitrogen and oxygen atoms in total. The minimum Gasteiger partial charge on any atom is -0.276 e. The fraction of sp³-hybridized carbons (Fsp3) is 0.727. The molecule has 80 valence electrons. The molecule has 1 aromatic heterocycles. The number of aryl methyl sites for hydroxylation is 1. The van der Waals surface area contributed by atoms with Gasteiger partial charge in [0.2, 0.25) is 0 Å². The zero-order chi connectivity index (χ0) is 10.7. The summed E-state index contributed by atoms with van der Waals surface area (Å²) in [4.78, 5) is 0. The van der Waals surface area contributed by atoms with E-state index >= 15 is 0 Å². The molecule has 0 fully saturated rings. The Labute approximate surface area is 91.3 Å². The zero-order valence-electron chi connectivity index (χ0n) is 9.37. The van der Waals surface area contributed by atoms with Crippen molar-refractivity contribution < 1.29 is 0 Å². The largest absolute Gasteiger partial charge is 0.276 e. The fourth-order valence-corrected chi connectivity index (χ4v) is 2.16. The molecule has 0 radical (unpaired) electrons. The molecule has 0 aliphatic carbocycles. The Morgan fingerprint density at radius 2 is 2.07 bits per heavy atom. The normalized spacial score (nSPS) is 15.9. The van der Waals surface area contributed by atoms with E-state index in [0.29, 0.717) is 11.8 Å². The molecule has 3 heteroatoms. The molecule has 1 aromatic rings. The zero-order valence-corrected chi connectivity index (χ0v) is 10.1. The Morgan fingerprint density at radius 1 is 1.43 bits per heavy atom. The summed E-state index contributed by atoms with van der Waals surface area (Å²) in [5.74, 6) is 1.14. The topological polar surface area (TPSA) is 17.8 Å².